The molecule has 26 heavy (non-hydrogen) atoms. The van der Waals surface area contributed by atoms with Gasteiger partial charge in [-0.15, -0.1) is 0 Å². The minimum atomic E-state index is 0.247. The van der Waals surface area contributed by atoms with Crippen LogP contribution in [0.25, 0.3) is 0 Å². The van der Waals surface area contributed by atoms with Crippen molar-refractivity contribution in [3.8, 4) is 0 Å². The van der Waals surface area contributed by atoms with Gasteiger partial charge in [0, 0.05) is 12.5 Å². The predicted octanol–water partition coefficient (Wildman–Crippen LogP) is 7.80. The van der Waals surface area contributed by atoms with Crippen molar-refractivity contribution in [2.45, 2.75) is 117 Å². The van der Waals surface area contributed by atoms with Crippen molar-refractivity contribution in [2.75, 3.05) is 6.54 Å². The van der Waals surface area contributed by atoms with Crippen molar-refractivity contribution in [1.29, 1.82) is 0 Å². The number of Topliss-reactive ketones (excluding diaryl/α,β-unsaturated/α-hetero) is 1. The number of isothiocyanates is 1. The van der Waals surface area contributed by atoms with Crippen LogP contribution in [-0.2, 0) is 4.79 Å². The van der Waals surface area contributed by atoms with Crippen LogP contribution in [0.4, 0.5) is 0 Å². The van der Waals surface area contributed by atoms with E-state index in [4.69, 9.17) is 0 Å². The summed E-state index contributed by atoms with van der Waals surface area (Å²) in [6, 6.07) is 0. The van der Waals surface area contributed by atoms with E-state index in [2.05, 4.69) is 36.2 Å². The van der Waals surface area contributed by atoms with E-state index in [0.29, 0.717) is 5.78 Å². The van der Waals surface area contributed by atoms with Crippen LogP contribution in [0.5, 0.6) is 0 Å². The molecule has 0 aliphatic heterocycles. The van der Waals surface area contributed by atoms with Gasteiger partial charge in [0.1, 0.15) is 5.78 Å². The van der Waals surface area contributed by atoms with E-state index < -0.39 is 0 Å². The standard InChI is InChI=1S/C23H43NOS/c1-4-5-6-7-8-9-10-11-12-15-21(2)17-18-23(22(3)25)16-13-14-19-24-20-26/h21,23H,4-19H2,1-3H3. The first kappa shape index (κ1) is 25.5. The van der Waals surface area contributed by atoms with Crippen molar-refractivity contribution in [2.24, 2.45) is 16.8 Å². The second-order valence-electron chi connectivity index (χ2n) is 8.08. The maximum absolute atomic E-state index is 11.9. The van der Waals surface area contributed by atoms with E-state index >= 15 is 0 Å². The fourth-order valence-electron chi connectivity index (χ4n) is 3.61. The third-order valence-electron chi connectivity index (χ3n) is 5.52. The summed E-state index contributed by atoms with van der Waals surface area (Å²) in [5.41, 5.74) is 0. The highest BCUT2D eigenvalue weighted by atomic mass is 32.1. The molecule has 152 valence electrons. The quantitative estimate of drug-likeness (QED) is 0.130. The smallest absolute Gasteiger partial charge is 0.132 e. The first-order chi connectivity index (χ1) is 12.6. The molecule has 3 heteroatoms. The maximum Gasteiger partial charge on any atom is 0.132 e. The molecule has 0 saturated heterocycles. The lowest BCUT2D eigenvalue weighted by Crippen LogP contribution is -2.12. The zero-order valence-electron chi connectivity index (χ0n) is 17.7. The summed E-state index contributed by atoms with van der Waals surface area (Å²) in [4.78, 5) is 15.8. The number of aliphatic imine (C=N–C) groups is 1. The van der Waals surface area contributed by atoms with Gasteiger partial charge in [0.15, 0.2) is 0 Å². The second kappa shape index (κ2) is 19.2. The fraction of sp³-hybridized carbons (Fsp3) is 0.913. The largest absolute Gasteiger partial charge is 0.300 e. The Morgan fingerprint density at radius 3 is 2.00 bits per heavy atom. The van der Waals surface area contributed by atoms with E-state index in [0.717, 1.165) is 38.1 Å². The molecule has 0 heterocycles. The number of ketones is 1. The molecule has 0 aromatic rings. The third kappa shape index (κ3) is 16.9. The molecule has 0 spiro atoms. The van der Waals surface area contributed by atoms with Gasteiger partial charge in [-0.3, -0.25) is 4.79 Å². The Kier molecular flexibility index (Phi) is 18.8. The average molecular weight is 382 g/mol. The summed E-state index contributed by atoms with van der Waals surface area (Å²) in [5, 5.41) is 2.40. The monoisotopic (exact) mass is 381 g/mol. The lowest BCUT2D eigenvalue weighted by Gasteiger charge is -2.17. The van der Waals surface area contributed by atoms with Crippen LogP contribution in [0.1, 0.15) is 117 Å². The topological polar surface area (TPSA) is 29.4 Å². The lowest BCUT2D eigenvalue weighted by atomic mass is 9.88. The highest BCUT2D eigenvalue weighted by Crippen LogP contribution is 2.22. The van der Waals surface area contributed by atoms with Gasteiger partial charge in [-0.2, -0.15) is 0 Å². The lowest BCUT2D eigenvalue weighted by molar-refractivity contribution is -0.121. The van der Waals surface area contributed by atoms with Crippen molar-refractivity contribution < 1.29 is 4.79 Å². The summed E-state index contributed by atoms with van der Waals surface area (Å²) in [6.07, 6.45) is 19.2. The first-order valence-corrected chi connectivity index (χ1v) is 11.6. The van der Waals surface area contributed by atoms with Crippen LogP contribution < -0.4 is 0 Å². The third-order valence-corrected chi connectivity index (χ3v) is 5.65. The number of thiocarbonyl (C=S) groups is 1. The molecule has 2 nitrogen and oxygen atoms in total. The molecule has 0 amide bonds. The Morgan fingerprint density at radius 2 is 1.42 bits per heavy atom. The van der Waals surface area contributed by atoms with Crippen LogP contribution in [-0.4, -0.2) is 17.5 Å². The molecule has 0 saturated carbocycles. The maximum atomic E-state index is 11.9. The van der Waals surface area contributed by atoms with Gasteiger partial charge in [-0.05, 0) is 44.3 Å². The molecule has 0 aliphatic carbocycles. The summed E-state index contributed by atoms with van der Waals surface area (Å²) in [7, 11) is 0. The highest BCUT2D eigenvalue weighted by molar-refractivity contribution is 7.78. The van der Waals surface area contributed by atoms with E-state index in [9.17, 15) is 4.79 Å². The Labute approximate surface area is 168 Å². The SMILES string of the molecule is CCCCCCCCCCCC(C)CCC(CCCCN=C=S)C(C)=O. The van der Waals surface area contributed by atoms with Gasteiger partial charge >= 0.3 is 0 Å². The Balaban J connectivity index is 3.65. The summed E-state index contributed by atoms with van der Waals surface area (Å²) >= 11 is 4.57. The van der Waals surface area contributed by atoms with Crippen LogP contribution in [0.3, 0.4) is 0 Å². The van der Waals surface area contributed by atoms with Gasteiger partial charge in [0.25, 0.3) is 0 Å². The predicted molar refractivity (Wildman–Crippen MR) is 118 cm³/mol. The van der Waals surface area contributed by atoms with E-state index in [-0.39, 0.29) is 5.92 Å². The second-order valence-corrected chi connectivity index (χ2v) is 8.26. The Hall–Kier alpha value is -0.530. The normalized spacial score (nSPS) is 13.2. The number of hydrogen-bond donors (Lipinski definition) is 0. The zero-order chi connectivity index (χ0) is 19.5. The van der Waals surface area contributed by atoms with Crippen LogP contribution in [0, 0.1) is 11.8 Å². The number of rotatable bonds is 19. The van der Waals surface area contributed by atoms with Crippen LogP contribution >= 0.6 is 12.2 Å². The summed E-state index contributed by atoms with van der Waals surface area (Å²) in [6.45, 7) is 7.14. The van der Waals surface area contributed by atoms with Crippen LogP contribution in [0.15, 0.2) is 4.99 Å². The molecule has 2 unspecified atom stereocenters. The zero-order valence-corrected chi connectivity index (χ0v) is 18.5. The van der Waals surface area contributed by atoms with Gasteiger partial charge < -0.3 is 0 Å². The molecule has 0 rings (SSSR count). The molecule has 0 aliphatic rings. The van der Waals surface area contributed by atoms with Gasteiger partial charge in [-0.25, -0.2) is 4.99 Å². The highest BCUT2D eigenvalue weighted by Gasteiger charge is 2.15. The summed E-state index contributed by atoms with van der Waals surface area (Å²) in [5.74, 6) is 1.36. The molecule has 0 aromatic carbocycles. The minimum Gasteiger partial charge on any atom is -0.300 e. The molecule has 0 N–H and O–H groups in total. The average Bonchev–Trinajstić information content (AvgIpc) is 2.62. The van der Waals surface area contributed by atoms with Gasteiger partial charge in [0.05, 0.1) is 5.16 Å². The van der Waals surface area contributed by atoms with E-state index in [1.54, 1.807) is 6.92 Å². The van der Waals surface area contributed by atoms with Gasteiger partial charge in [-0.1, -0.05) is 90.9 Å². The number of nitrogens with zero attached hydrogens (tertiary/aromatic N) is 1. The Morgan fingerprint density at radius 1 is 0.846 bits per heavy atom. The van der Waals surface area contributed by atoms with Crippen molar-refractivity contribution in [3.63, 3.8) is 0 Å². The van der Waals surface area contributed by atoms with Crippen molar-refractivity contribution in [1.82, 2.24) is 0 Å². The number of carbonyl (C=O) groups is 1. The van der Waals surface area contributed by atoms with E-state index in [1.165, 1.54) is 70.6 Å². The number of carbonyl (C=O) groups excluding carboxylic acids is 1. The molecular weight excluding hydrogens is 338 g/mol. The fourth-order valence-corrected chi connectivity index (χ4v) is 3.70. The van der Waals surface area contributed by atoms with Crippen molar-refractivity contribution in [3.05, 3.63) is 0 Å². The molecule has 0 fully saturated rings. The minimum absolute atomic E-state index is 0.247. The number of hydrogen-bond acceptors (Lipinski definition) is 3. The summed E-state index contributed by atoms with van der Waals surface area (Å²) < 4.78 is 0. The molecule has 0 bridgehead atoms. The number of unbranched alkanes of at least 4 members (excludes halogenated alkanes) is 9. The molecule has 2 atom stereocenters. The molecule has 0 aromatic heterocycles. The van der Waals surface area contributed by atoms with Crippen LogP contribution in [0.2, 0.25) is 0 Å². The van der Waals surface area contributed by atoms with Crippen molar-refractivity contribution >= 4 is 23.2 Å². The van der Waals surface area contributed by atoms with E-state index in [1.807, 2.05) is 0 Å². The van der Waals surface area contributed by atoms with Gasteiger partial charge in [0.2, 0.25) is 0 Å². The molecule has 0 radical (unpaired) electrons. The Bertz CT molecular complexity index is 376. The molecular formula is C23H43NOS. The first-order valence-electron chi connectivity index (χ1n) is 11.2.